The first-order valence-corrected chi connectivity index (χ1v) is 7.05. The Morgan fingerprint density at radius 1 is 1.33 bits per heavy atom. The van der Waals surface area contributed by atoms with Gasteiger partial charge in [-0.25, -0.2) is 13.8 Å². The van der Waals surface area contributed by atoms with Crippen LogP contribution in [0.4, 0.5) is 8.78 Å². The first-order valence-electron chi connectivity index (χ1n) is 6.17. The van der Waals surface area contributed by atoms with Crippen molar-refractivity contribution in [3.8, 4) is 11.3 Å². The molecular formula is C14H10F2N2O2S. The summed E-state index contributed by atoms with van der Waals surface area (Å²) in [7, 11) is 0. The monoisotopic (exact) mass is 308 g/mol. The Hall–Kier alpha value is -2.28. The van der Waals surface area contributed by atoms with Crippen molar-refractivity contribution < 1.29 is 18.7 Å². The van der Waals surface area contributed by atoms with Crippen molar-refractivity contribution in [2.24, 2.45) is 0 Å². The molecule has 0 aliphatic carbocycles. The van der Waals surface area contributed by atoms with Crippen molar-refractivity contribution in [3.05, 3.63) is 47.1 Å². The van der Waals surface area contributed by atoms with Gasteiger partial charge in [-0.1, -0.05) is 0 Å². The van der Waals surface area contributed by atoms with E-state index in [1.165, 1.54) is 17.4 Å². The summed E-state index contributed by atoms with van der Waals surface area (Å²) in [6.45, 7) is 0. The molecule has 0 amide bonds. The molecule has 7 heteroatoms. The van der Waals surface area contributed by atoms with Crippen LogP contribution < -0.4 is 0 Å². The first-order chi connectivity index (χ1) is 10.0. The summed E-state index contributed by atoms with van der Waals surface area (Å²) in [6, 6.07) is 3.61. The molecule has 2 heterocycles. The number of aryl methyl sites for hydroxylation is 1. The molecule has 0 aliphatic rings. The molecule has 0 saturated heterocycles. The van der Waals surface area contributed by atoms with Crippen LogP contribution in [-0.4, -0.2) is 20.5 Å². The van der Waals surface area contributed by atoms with Crippen LogP contribution >= 0.6 is 11.3 Å². The molecule has 0 spiro atoms. The molecule has 108 valence electrons. The van der Waals surface area contributed by atoms with Crippen LogP contribution in [0.1, 0.15) is 12.1 Å². The number of rotatable bonds is 4. The average Bonchev–Trinajstić information content (AvgIpc) is 3.00. The molecule has 1 N–H and O–H groups in total. The molecule has 0 aliphatic heterocycles. The zero-order valence-corrected chi connectivity index (χ0v) is 11.5. The van der Waals surface area contributed by atoms with E-state index in [0.29, 0.717) is 22.6 Å². The number of hydrogen-bond donors (Lipinski definition) is 1. The molecule has 4 nitrogen and oxygen atoms in total. The second-order valence-electron chi connectivity index (χ2n) is 4.53. The number of imidazole rings is 1. The van der Waals surface area contributed by atoms with E-state index in [1.807, 2.05) is 5.38 Å². The van der Waals surface area contributed by atoms with Gasteiger partial charge in [0.15, 0.2) is 16.6 Å². The maximum atomic E-state index is 13.3. The Morgan fingerprint density at radius 3 is 2.86 bits per heavy atom. The summed E-state index contributed by atoms with van der Waals surface area (Å²) in [4.78, 5) is 15.7. The van der Waals surface area contributed by atoms with Crippen LogP contribution in [-0.2, 0) is 11.2 Å². The molecule has 1 aromatic carbocycles. The Bertz CT molecular complexity index is 826. The standard InChI is InChI=1S/C14H10F2N2O2S/c15-10-3-1-8(5-11(10)16)12-6-18-9(2-4-13(19)20)7-21-14(18)17-12/h1,3,5-7H,2,4H2,(H,19,20). The van der Waals surface area contributed by atoms with E-state index in [-0.39, 0.29) is 6.42 Å². The zero-order chi connectivity index (χ0) is 15.0. The number of carboxylic acid groups (broad SMARTS) is 1. The number of benzene rings is 1. The first kappa shape index (κ1) is 13.7. The largest absolute Gasteiger partial charge is 0.481 e. The van der Waals surface area contributed by atoms with Gasteiger partial charge in [-0.2, -0.15) is 0 Å². The summed E-state index contributed by atoms with van der Waals surface area (Å²) < 4.78 is 28.0. The topological polar surface area (TPSA) is 54.6 Å². The Morgan fingerprint density at radius 2 is 2.14 bits per heavy atom. The van der Waals surface area contributed by atoms with Crippen molar-refractivity contribution >= 4 is 22.3 Å². The van der Waals surface area contributed by atoms with Crippen molar-refractivity contribution in [1.82, 2.24) is 9.38 Å². The molecule has 0 fully saturated rings. The van der Waals surface area contributed by atoms with E-state index in [0.717, 1.165) is 17.8 Å². The van der Waals surface area contributed by atoms with Gasteiger partial charge in [0.05, 0.1) is 12.1 Å². The van der Waals surface area contributed by atoms with Crippen molar-refractivity contribution in [2.45, 2.75) is 12.8 Å². The van der Waals surface area contributed by atoms with Gasteiger partial charge in [0.1, 0.15) is 0 Å². The highest BCUT2D eigenvalue weighted by atomic mass is 32.1. The van der Waals surface area contributed by atoms with E-state index in [1.54, 1.807) is 10.6 Å². The van der Waals surface area contributed by atoms with Crippen LogP contribution in [0.3, 0.4) is 0 Å². The lowest BCUT2D eigenvalue weighted by atomic mass is 10.1. The SMILES string of the molecule is O=C(O)CCc1csc2nc(-c3ccc(F)c(F)c3)cn12. The van der Waals surface area contributed by atoms with Crippen molar-refractivity contribution in [1.29, 1.82) is 0 Å². The van der Waals surface area contributed by atoms with Crippen LogP contribution in [0, 0.1) is 11.6 Å². The van der Waals surface area contributed by atoms with Crippen LogP contribution in [0.2, 0.25) is 0 Å². The number of carbonyl (C=O) groups is 1. The molecule has 0 saturated carbocycles. The van der Waals surface area contributed by atoms with Crippen LogP contribution in [0.5, 0.6) is 0 Å². The van der Waals surface area contributed by atoms with Crippen LogP contribution in [0.25, 0.3) is 16.2 Å². The Kier molecular flexibility index (Phi) is 3.42. The second-order valence-corrected chi connectivity index (χ2v) is 5.36. The molecule has 3 rings (SSSR count). The van der Waals surface area contributed by atoms with E-state index in [2.05, 4.69) is 4.98 Å². The minimum atomic E-state index is -0.921. The van der Waals surface area contributed by atoms with Crippen LogP contribution in [0.15, 0.2) is 29.8 Å². The summed E-state index contributed by atoms with van der Waals surface area (Å²) in [6.07, 6.45) is 2.13. The summed E-state index contributed by atoms with van der Waals surface area (Å²) in [5.41, 5.74) is 1.84. The number of aromatic nitrogens is 2. The van der Waals surface area contributed by atoms with Gasteiger partial charge in [-0.15, -0.1) is 11.3 Å². The summed E-state index contributed by atoms with van der Waals surface area (Å²) in [5.74, 6) is -2.69. The second kappa shape index (κ2) is 5.25. The minimum Gasteiger partial charge on any atom is -0.481 e. The maximum Gasteiger partial charge on any atom is 0.303 e. The number of carboxylic acids is 1. The van der Waals surface area contributed by atoms with Crippen molar-refractivity contribution in [3.63, 3.8) is 0 Å². The molecular weight excluding hydrogens is 298 g/mol. The Balaban J connectivity index is 1.97. The number of nitrogens with zero attached hydrogens (tertiary/aromatic N) is 2. The molecule has 0 radical (unpaired) electrons. The summed E-state index contributed by atoms with van der Waals surface area (Å²) >= 11 is 1.38. The number of aliphatic carboxylic acids is 1. The Labute approximate surface area is 122 Å². The number of hydrogen-bond acceptors (Lipinski definition) is 3. The lowest BCUT2D eigenvalue weighted by molar-refractivity contribution is -0.136. The van der Waals surface area contributed by atoms with Gasteiger partial charge in [0, 0.05) is 22.8 Å². The molecule has 0 atom stereocenters. The highest BCUT2D eigenvalue weighted by Crippen LogP contribution is 2.25. The summed E-state index contributed by atoms with van der Waals surface area (Å²) in [5, 5.41) is 10.6. The third kappa shape index (κ3) is 2.64. The molecule has 2 aromatic heterocycles. The van der Waals surface area contributed by atoms with Crippen molar-refractivity contribution in [2.75, 3.05) is 0 Å². The van der Waals surface area contributed by atoms with Gasteiger partial charge < -0.3 is 5.11 Å². The lowest BCUT2D eigenvalue weighted by Crippen LogP contribution is -1.99. The van der Waals surface area contributed by atoms with E-state index in [4.69, 9.17) is 5.11 Å². The molecule has 0 bridgehead atoms. The third-order valence-corrected chi connectivity index (χ3v) is 3.98. The van der Waals surface area contributed by atoms with Gasteiger partial charge in [0.2, 0.25) is 0 Å². The van der Waals surface area contributed by atoms with Gasteiger partial charge in [-0.3, -0.25) is 9.20 Å². The normalized spacial score (nSPS) is 11.1. The van der Waals surface area contributed by atoms with E-state index < -0.39 is 17.6 Å². The molecule has 21 heavy (non-hydrogen) atoms. The predicted octanol–water partition coefficient (Wildman–Crippen LogP) is 3.36. The predicted molar refractivity (Wildman–Crippen MR) is 74.4 cm³/mol. The quantitative estimate of drug-likeness (QED) is 0.804. The number of thiazole rings is 1. The number of halogens is 2. The van der Waals surface area contributed by atoms with E-state index >= 15 is 0 Å². The fraction of sp³-hybridized carbons (Fsp3) is 0.143. The number of fused-ring (bicyclic) bond motifs is 1. The highest BCUT2D eigenvalue weighted by Gasteiger charge is 2.12. The fourth-order valence-corrected chi connectivity index (χ4v) is 2.95. The van der Waals surface area contributed by atoms with E-state index in [9.17, 15) is 13.6 Å². The van der Waals surface area contributed by atoms with Gasteiger partial charge in [-0.05, 0) is 24.6 Å². The smallest absolute Gasteiger partial charge is 0.303 e. The average molecular weight is 308 g/mol. The molecule has 3 aromatic rings. The highest BCUT2D eigenvalue weighted by molar-refractivity contribution is 7.15. The zero-order valence-electron chi connectivity index (χ0n) is 10.7. The molecule has 0 unspecified atom stereocenters. The third-order valence-electron chi connectivity index (χ3n) is 3.09. The fourth-order valence-electron chi connectivity index (χ4n) is 2.04. The maximum absolute atomic E-state index is 13.3. The minimum absolute atomic E-state index is 0.0323. The van der Waals surface area contributed by atoms with Gasteiger partial charge in [0.25, 0.3) is 0 Å². The van der Waals surface area contributed by atoms with Gasteiger partial charge >= 0.3 is 5.97 Å². The lowest BCUT2D eigenvalue weighted by Gasteiger charge is -1.98.